The summed E-state index contributed by atoms with van der Waals surface area (Å²) in [7, 11) is 0. The second-order valence-corrected chi connectivity index (χ2v) is 7.09. The number of nitrogens with one attached hydrogen (secondary N) is 1. The number of aromatic nitrogens is 3. The van der Waals surface area contributed by atoms with Gasteiger partial charge in [-0.05, 0) is 18.2 Å². The number of nitrogens with zero attached hydrogens (tertiary/aromatic N) is 2. The normalized spacial score (nSPS) is 12.0. The molecule has 28 heavy (non-hydrogen) atoms. The number of alkyl halides is 3. The summed E-state index contributed by atoms with van der Waals surface area (Å²) in [5, 5.41) is 1.43. The van der Waals surface area contributed by atoms with Crippen molar-refractivity contribution in [2.75, 3.05) is 0 Å². The van der Waals surface area contributed by atoms with Gasteiger partial charge in [0.2, 0.25) is 0 Å². The van der Waals surface area contributed by atoms with Crippen molar-refractivity contribution in [3.63, 3.8) is 0 Å². The first kappa shape index (κ1) is 18.5. The first-order valence-electron chi connectivity index (χ1n) is 7.75. The van der Waals surface area contributed by atoms with Crippen molar-refractivity contribution in [1.82, 2.24) is 14.5 Å². The summed E-state index contributed by atoms with van der Waals surface area (Å²) in [5.41, 5.74) is -1.82. The molecule has 0 aromatic carbocycles. The van der Waals surface area contributed by atoms with Crippen LogP contribution < -0.4 is 11.1 Å². The number of furan rings is 1. The minimum atomic E-state index is -4.67. The number of aromatic amines is 1. The molecule has 0 spiro atoms. The van der Waals surface area contributed by atoms with Crippen LogP contribution in [0.3, 0.4) is 0 Å². The molecule has 0 saturated carbocycles. The fourth-order valence-electron chi connectivity index (χ4n) is 2.71. The maximum Gasteiger partial charge on any atom is 0.417 e. The first-order chi connectivity index (χ1) is 13.2. The molecular formula is C17H9ClF3N3O3S. The fourth-order valence-corrected chi connectivity index (χ4v) is 3.89. The molecule has 0 amide bonds. The molecule has 0 fully saturated rings. The van der Waals surface area contributed by atoms with E-state index < -0.39 is 27.9 Å². The number of hydrogen-bond donors (Lipinski definition) is 1. The molecule has 0 unspecified atom stereocenters. The fraction of sp³-hybridized carbons (Fsp3) is 0.118. The summed E-state index contributed by atoms with van der Waals surface area (Å²) in [6, 6.07) is 3.94. The highest BCUT2D eigenvalue weighted by atomic mass is 35.5. The van der Waals surface area contributed by atoms with E-state index in [9.17, 15) is 22.8 Å². The Morgan fingerprint density at radius 3 is 2.79 bits per heavy atom. The van der Waals surface area contributed by atoms with E-state index in [1.165, 1.54) is 17.6 Å². The van der Waals surface area contributed by atoms with Crippen molar-refractivity contribution in [2.24, 2.45) is 0 Å². The molecule has 144 valence electrons. The van der Waals surface area contributed by atoms with Gasteiger partial charge in [0.15, 0.2) is 0 Å². The zero-order valence-corrected chi connectivity index (χ0v) is 15.3. The van der Waals surface area contributed by atoms with Gasteiger partial charge in [-0.2, -0.15) is 13.2 Å². The highest BCUT2D eigenvalue weighted by Crippen LogP contribution is 2.31. The van der Waals surface area contributed by atoms with Gasteiger partial charge in [-0.1, -0.05) is 11.6 Å². The highest BCUT2D eigenvalue weighted by Gasteiger charge is 2.32. The molecule has 4 aromatic heterocycles. The number of H-pyrrole nitrogens is 1. The lowest BCUT2D eigenvalue weighted by atomic mass is 10.2. The summed E-state index contributed by atoms with van der Waals surface area (Å²) < 4.78 is 45.0. The molecule has 4 rings (SSSR count). The molecule has 6 nitrogen and oxygen atoms in total. The van der Waals surface area contributed by atoms with Crippen molar-refractivity contribution in [3.05, 3.63) is 73.2 Å². The Kier molecular flexibility index (Phi) is 4.39. The lowest BCUT2D eigenvalue weighted by Gasteiger charge is -2.11. The highest BCUT2D eigenvalue weighted by molar-refractivity contribution is 7.17. The van der Waals surface area contributed by atoms with E-state index in [4.69, 9.17) is 16.0 Å². The third-order valence-electron chi connectivity index (χ3n) is 3.97. The summed E-state index contributed by atoms with van der Waals surface area (Å²) in [6.07, 6.45) is -2.56. The Labute approximate surface area is 162 Å². The van der Waals surface area contributed by atoms with Gasteiger partial charge in [-0.25, -0.2) is 4.98 Å². The topological polar surface area (TPSA) is 80.9 Å². The number of hydrogen-bond acceptors (Lipinski definition) is 5. The Bertz CT molecular complexity index is 1290. The van der Waals surface area contributed by atoms with Crippen LogP contribution in [-0.4, -0.2) is 14.5 Å². The van der Waals surface area contributed by atoms with Crippen LogP contribution in [0, 0.1) is 0 Å². The van der Waals surface area contributed by atoms with Gasteiger partial charge in [0, 0.05) is 17.1 Å². The number of thiophene rings is 1. The average Bonchev–Trinajstić information content (AvgIpc) is 3.27. The Hall–Kier alpha value is -2.85. The maximum atomic E-state index is 13.0. The van der Waals surface area contributed by atoms with E-state index in [-0.39, 0.29) is 12.4 Å². The molecule has 11 heteroatoms. The molecule has 0 saturated heterocycles. The Balaban J connectivity index is 1.79. The van der Waals surface area contributed by atoms with E-state index in [1.807, 2.05) is 0 Å². The number of pyridine rings is 1. The third kappa shape index (κ3) is 3.25. The minimum Gasteiger partial charge on any atom is -0.464 e. The molecule has 4 aromatic rings. The quantitative estimate of drug-likeness (QED) is 0.533. The van der Waals surface area contributed by atoms with Crippen molar-refractivity contribution in [3.8, 4) is 11.3 Å². The third-order valence-corrected chi connectivity index (χ3v) is 5.11. The minimum absolute atomic E-state index is 0.0304. The molecule has 0 atom stereocenters. The second kappa shape index (κ2) is 6.64. The van der Waals surface area contributed by atoms with Gasteiger partial charge >= 0.3 is 6.18 Å². The number of fused-ring (bicyclic) bond motifs is 1. The molecule has 0 aliphatic carbocycles. The Morgan fingerprint density at radius 2 is 2.11 bits per heavy atom. The smallest absolute Gasteiger partial charge is 0.417 e. The number of rotatable bonds is 3. The van der Waals surface area contributed by atoms with E-state index in [0.717, 1.165) is 4.57 Å². The largest absolute Gasteiger partial charge is 0.464 e. The lowest BCUT2D eigenvalue weighted by molar-refractivity contribution is -0.138. The Morgan fingerprint density at radius 1 is 1.32 bits per heavy atom. The second-order valence-electron chi connectivity index (χ2n) is 5.83. The van der Waals surface area contributed by atoms with E-state index in [2.05, 4.69) is 9.97 Å². The van der Waals surface area contributed by atoms with Gasteiger partial charge in [0.05, 0.1) is 23.8 Å². The van der Waals surface area contributed by atoms with E-state index in [1.54, 1.807) is 17.5 Å². The number of halogens is 4. The zero-order chi connectivity index (χ0) is 20.1. The van der Waals surface area contributed by atoms with Crippen LogP contribution in [0.1, 0.15) is 11.4 Å². The van der Waals surface area contributed by atoms with Crippen LogP contribution >= 0.6 is 22.9 Å². The monoisotopic (exact) mass is 427 g/mol. The van der Waals surface area contributed by atoms with Gasteiger partial charge in [-0.15, -0.1) is 11.3 Å². The van der Waals surface area contributed by atoms with Gasteiger partial charge < -0.3 is 14.0 Å². The van der Waals surface area contributed by atoms with E-state index in [0.29, 0.717) is 33.8 Å². The molecule has 0 aliphatic rings. The van der Waals surface area contributed by atoms with Crippen molar-refractivity contribution < 1.29 is 17.6 Å². The SMILES string of the molecule is O=c1[nH]c(Cn2cc(C(F)(F)F)cc(Cl)c2=O)nc2scc(-c3ccco3)c12. The standard InChI is InChI=1S/C17H9ClF3N3O3S/c18-10-4-8(17(19,20)21)5-24(16(10)26)6-12-22-14(25)13-9(7-28-15(13)23-12)11-2-1-3-27-11/h1-5,7H,6H2,(H,22,23,25). The van der Waals surface area contributed by atoms with Crippen LogP contribution in [-0.2, 0) is 12.7 Å². The van der Waals surface area contributed by atoms with E-state index >= 15 is 0 Å². The predicted octanol–water partition coefficient (Wildman–Crippen LogP) is 4.13. The van der Waals surface area contributed by atoms with Crippen LogP contribution in [0.5, 0.6) is 0 Å². The summed E-state index contributed by atoms with van der Waals surface area (Å²) >= 11 is 6.83. The van der Waals surface area contributed by atoms with Gasteiger partial charge in [0.1, 0.15) is 21.4 Å². The molecular weight excluding hydrogens is 419 g/mol. The molecule has 0 aliphatic heterocycles. The van der Waals surface area contributed by atoms with Crippen molar-refractivity contribution >= 4 is 33.2 Å². The van der Waals surface area contributed by atoms with Gasteiger partial charge in [-0.3, -0.25) is 9.59 Å². The van der Waals surface area contributed by atoms with Crippen LogP contribution in [0.25, 0.3) is 21.5 Å². The molecule has 4 heterocycles. The maximum absolute atomic E-state index is 13.0. The zero-order valence-electron chi connectivity index (χ0n) is 13.7. The summed E-state index contributed by atoms with van der Waals surface area (Å²) in [6.45, 7) is -0.373. The summed E-state index contributed by atoms with van der Waals surface area (Å²) in [4.78, 5) is 31.8. The molecule has 1 N–H and O–H groups in total. The van der Waals surface area contributed by atoms with Crippen LogP contribution in [0.15, 0.2) is 50.0 Å². The summed E-state index contributed by atoms with van der Waals surface area (Å²) in [5.74, 6) is 0.523. The molecule has 0 radical (unpaired) electrons. The van der Waals surface area contributed by atoms with Gasteiger partial charge in [0.25, 0.3) is 11.1 Å². The predicted molar refractivity (Wildman–Crippen MR) is 97.8 cm³/mol. The lowest BCUT2D eigenvalue weighted by Crippen LogP contribution is -2.25. The molecule has 0 bridgehead atoms. The average molecular weight is 428 g/mol. The van der Waals surface area contributed by atoms with Crippen LogP contribution in [0.4, 0.5) is 13.2 Å². The first-order valence-corrected chi connectivity index (χ1v) is 9.01. The van der Waals surface area contributed by atoms with Crippen LogP contribution in [0.2, 0.25) is 5.02 Å². The van der Waals surface area contributed by atoms with Crippen molar-refractivity contribution in [1.29, 1.82) is 0 Å². The van der Waals surface area contributed by atoms with Crippen molar-refractivity contribution in [2.45, 2.75) is 12.7 Å².